The fourth-order valence-corrected chi connectivity index (χ4v) is 2.39. The van der Waals surface area contributed by atoms with E-state index in [9.17, 15) is 4.79 Å². The molecule has 2 aliphatic heterocycles. The van der Waals surface area contributed by atoms with Crippen LogP contribution in [0.25, 0.3) is 0 Å². The quantitative estimate of drug-likeness (QED) is 0.631. The van der Waals surface area contributed by atoms with Gasteiger partial charge in [-0.25, -0.2) is 0 Å². The van der Waals surface area contributed by atoms with Gasteiger partial charge in [-0.15, -0.1) is 0 Å². The Labute approximate surface area is 72.4 Å². The van der Waals surface area contributed by atoms with E-state index < -0.39 is 5.97 Å². The van der Waals surface area contributed by atoms with Crippen LogP contribution in [-0.2, 0) is 4.79 Å². The molecular weight excluding hydrogens is 154 g/mol. The molecule has 1 N–H and O–H groups in total. The molecule has 68 valence electrons. The van der Waals surface area contributed by atoms with Crippen LogP contribution in [0, 0.1) is 11.8 Å². The van der Waals surface area contributed by atoms with Crippen molar-refractivity contribution in [3.63, 3.8) is 0 Å². The summed E-state index contributed by atoms with van der Waals surface area (Å²) < 4.78 is 0. The number of carboxylic acid groups (broad SMARTS) is 1. The molecule has 0 amide bonds. The van der Waals surface area contributed by atoms with Crippen LogP contribution in [-0.4, -0.2) is 35.6 Å². The van der Waals surface area contributed by atoms with E-state index in [2.05, 4.69) is 4.90 Å². The SMILES string of the molecule is O=C(O)C1CCN2CCC(C1)C2. The zero-order valence-electron chi connectivity index (χ0n) is 7.20. The van der Waals surface area contributed by atoms with E-state index in [1.54, 1.807) is 0 Å². The molecule has 3 heteroatoms. The van der Waals surface area contributed by atoms with Gasteiger partial charge in [0.1, 0.15) is 0 Å². The molecule has 2 rings (SSSR count). The molecular formula is C9H15NO2. The molecule has 2 fully saturated rings. The second kappa shape index (κ2) is 3.05. The fraction of sp³-hybridized carbons (Fsp3) is 0.889. The normalized spacial score (nSPS) is 40.8. The molecule has 3 nitrogen and oxygen atoms in total. The molecule has 3 unspecified atom stereocenters. The van der Waals surface area contributed by atoms with E-state index >= 15 is 0 Å². The predicted octanol–water partition coefficient (Wildman–Crippen LogP) is 0.803. The van der Waals surface area contributed by atoms with E-state index in [1.165, 1.54) is 13.0 Å². The molecule has 3 atom stereocenters. The number of rotatable bonds is 1. The molecule has 2 heterocycles. The summed E-state index contributed by atoms with van der Waals surface area (Å²) in [7, 11) is 0. The number of aliphatic carboxylic acids is 1. The number of hydrogen-bond donors (Lipinski definition) is 1. The maximum atomic E-state index is 10.8. The van der Waals surface area contributed by atoms with Crippen LogP contribution in [0.3, 0.4) is 0 Å². The number of carboxylic acids is 1. The predicted molar refractivity (Wildman–Crippen MR) is 44.9 cm³/mol. The number of nitrogens with zero attached hydrogens (tertiary/aromatic N) is 1. The maximum absolute atomic E-state index is 10.8. The lowest BCUT2D eigenvalue weighted by molar-refractivity contribution is -0.142. The van der Waals surface area contributed by atoms with Crippen molar-refractivity contribution in [2.24, 2.45) is 11.8 Å². The van der Waals surface area contributed by atoms with E-state index in [-0.39, 0.29) is 5.92 Å². The first-order valence-electron chi connectivity index (χ1n) is 4.71. The van der Waals surface area contributed by atoms with Gasteiger partial charge in [-0.2, -0.15) is 0 Å². The average molecular weight is 169 g/mol. The molecule has 2 bridgehead atoms. The van der Waals surface area contributed by atoms with Crippen molar-refractivity contribution in [1.82, 2.24) is 4.90 Å². The Hall–Kier alpha value is -0.570. The van der Waals surface area contributed by atoms with Crippen LogP contribution in [0.4, 0.5) is 0 Å². The summed E-state index contributed by atoms with van der Waals surface area (Å²) >= 11 is 0. The first kappa shape index (κ1) is 8.05. The average Bonchev–Trinajstić information content (AvgIpc) is 2.29. The van der Waals surface area contributed by atoms with Crippen LogP contribution in [0.1, 0.15) is 19.3 Å². The summed E-state index contributed by atoms with van der Waals surface area (Å²) in [5.74, 6) is -0.00218. The molecule has 12 heavy (non-hydrogen) atoms. The largest absolute Gasteiger partial charge is 0.481 e. The maximum Gasteiger partial charge on any atom is 0.306 e. The minimum Gasteiger partial charge on any atom is -0.481 e. The third-order valence-corrected chi connectivity index (χ3v) is 3.13. The summed E-state index contributed by atoms with van der Waals surface area (Å²) in [6, 6.07) is 0. The Bertz CT molecular complexity index is 193. The van der Waals surface area contributed by atoms with Crippen LogP contribution < -0.4 is 0 Å². The number of hydrogen-bond acceptors (Lipinski definition) is 2. The van der Waals surface area contributed by atoms with Gasteiger partial charge in [-0.3, -0.25) is 4.79 Å². The molecule has 0 aromatic heterocycles. The molecule has 0 radical (unpaired) electrons. The summed E-state index contributed by atoms with van der Waals surface area (Å²) in [5, 5.41) is 8.87. The van der Waals surface area contributed by atoms with Crippen LogP contribution in [0.2, 0.25) is 0 Å². The van der Waals surface area contributed by atoms with Crippen molar-refractivity contribution in [2.45, 2.75) is 19.3 Å². The van der Waals surface area contributed by atoms with Crippen molar-refractivity contribution in [3.8, 4) is 0 Å². The summed E-state index contributed by atoms with van der Waals surface area (Å²) in [6.45, 7) is 3.33. The third kappa shape index (κ3) is 1.46. The zero-order valence-corrected chi connectivity index (χ0v) is 7.20. The summed E-state index contributed by atoms with van der Waals surface area (Å²) in [4.78, 5) is 13.2. The number of carbonyl (C=O) groups is 1. The van der Waals surface area contributed by atoms with Gasteiger partial charge < -0.3 is 10.0 Å². The Kier molecular flexibility index (Phi) is 2.05. The molecule has 0 aromatic carbocycles. The lowest BCUT2D eigenvalue weighted by Gasteiger charge is -2.15. The molecule has 0 aliphatic carbocycles. The Balaban J connectivity index is 2.00. The minimum absolute atomic E-state index is 0.0692. The topological polar surface area (TPSA) is 40.5 Å². The first-order chi connectivity index (χ1) is 5.75. The van der Waals surface area contributed by atoms with Gasteiger partial charge in [0.15, 0.2) is 0 Å². The zero-order chi connectivity index (χ0) is 8.55. The van der Waals surface area contributed by atoms with E-state index in [0.29, 0.717) is 5.92 Å². The van der Waals surface area contributed by atoms with Gasteiger partial charge in [-0.05, 0) is 38.3 Å². The van der Waals surface area contributed by atoms with Crippen molar-refractivity contribution < 1.29 is 9.90 Å². The molecule has 0 spiro atoms. The van der Waals surface area contributed by atoms with Gasteiger partial charge >= 0.3 is 5.97 Å². The minimum atomic E-state index is -0.594. The highest BCUT2D eigenvalue weighted by atomic mass is 16.4. The Morgan fingerprint density at radius 3 is 2.83 bits per heavy atom. The highest BCUT2D eigenvalue weighted by molar-refractivity contribution is 5.70. The van der Waals surface area contributed by atoms with Crippen molar-refractivity contribution in [1.29, 1.82) is 0 Å². The van der Waals surface area contributed by atoms with Gasteiger partial charge in [0.25, 0.3) is 0 Å². The van der Waals surface area contributed by atoms with Gasteiger partial charge in [0.05, 0.1) is 5.92 Å². The molecule has 0 saturated carbocycles. The lowest BCUT2D eigenvalue weighted by atomic mass is 9.92. The highest BCUT2D eigenvalue weighted by Gasteiger charge is 2.32. The molecule has 2 saturated heterocycles. The van der Waals surface area contributed by atoms with E-state index in [0.717, 1.165) is 25.9 Å². The standard InChI is InChI=1S/C9H15NO2/c11-9(12)8-2-4-10-3-1-7(5-8)6-10/h7-8H,1-6H2,(H,11,12). The second-order valence-corrected chi connectivity index (χ2v) is 4.01. The number of fused-ring (bicyclic) bond motifs is 2. The van der Waals surface area contributed by atoms with Crippen LogP contribution in [0.5, 0.6) is 0 Å². The van der Waals surface area contributed by atoms with Crippen LogP contribution in [0.15, 0.2) is 0 Å². The fourth-order valence-electron chi connectivity index (χ4n) is 2.39. The summed E-state index contributed by atoms with van der Waals surface area (Å²) in [6.07, 6.45) is 2.97. The second-order valence-electron chi connectivity index (χ2n) is 4.01. The van der Waals surface area contributed by atoms with E-state index in [1.807, 2.05) is 0 Å². The molecule has 2 aliphatic rings. The Morgan fingerprint density at radius 2 is 2.08 bits per heavy atom. The molecule has 0 aromatic rings. The van der Waals surface area contributed by atoms with Gasteiger partial charge in [0.2, 0.25) is 0 Å². The smallest absolute Gasteiger partial charge is 0.306 e. The van der Waals surface area contributed by atoms with Crippen molar-refractivity contribution >= 4 is 5.97 Å². The van der Waals surface area contributed by atoms with Crippen molar-refractivity contribution in [3.05, 3.63) is 0 Å². The monoisotopic (exact) mass is 169 g/mol. The van der Waals surface area contributed by atoms with Crippen molar-refractivity contribution in [2.75, 3.05) is 19.6 Å². The van der Waals surface area contributed by atoms with E-state index in [4.69, 9.17) is 5.11 Å². The van der Waals surface area contributed by atoms with Crippen LogP contribution >= 0.6 is 0 Å². The lowest BCUT2D eigenvalue weighted by Crippen LogP contribution is -2.22. The van der Waals surface area contributed by atoms with Gasteiger partial charge in [-0.1, -0.05) is 0 Å². The van der Waals surface area contributed by atoms with Gasteiger partial charge in [0, 0.05) is 6.54 Å². The Morgan fingerprint density at radius 1 is 1.33 bits per heavy atom. The summed E-state index contributed by atoms with van der Waals surface area (Å²) in [5.41, 5.74) is 0. The highest BCUT2D eigenvalue weighted by Crippen LogP contribution is 2.29. The third-order valence-electron chi connectivity index (χ3n) is 3.13. The first-order valence-corrected chi connectivity index (χ1v) is 4.71.